The lowest BCUT2D eigenvalue weighted by Crippen LogP contribution is -2.17. The summed E-state index contributed by atoms with van der Waals surface area (Å²) < 4.78 is 16.5. The summed E-state index contributed by atoms with van der Waals surface area (Å²) in [6.07, 6.45) is 1.99. The molecule has 0 fully saturated rings. The molecule has 4 N–H and O–H groups in total. The van der Waals surface area contributed by atoms with Crippen molar-refractivity contribution in [2.75, 3.05) is 56.8 Å². The van der Waals surface area contributed by atoms with Crippen molar-refractivity contribution in [1.29, 1.82) is 0 Å². The maximum atomic E-state index is 5.68. The highest BCUT2D eigenvalue weighted by Crippen LogP contribution is 2.13. The van der Waals surface area contributed by atoms with E-state index >= 15 is 0 Å². The molecule has 0 amide bonds. The zero-order chi connectivity index (χ0) is 21.4. The topological polar surface area (TPSA) is 116 Å². The number of hydrogen-bond donors (Lipinski definition) is 3. The van der Waals surface area contributed by atoms with Gasteiger partial charge in [-0.25, -0.2) is 0 Å². The second kappa shape index (κ2) is 14.5. The molecule has 0 saturated carbocycles. The Morgan fingerprint density at radius 1 is 0.867 bits per heavy atom. The van der Waals surface area contributed by atoms with Crippen LogP contribution in [0.15, 0.2) is 24.3 Å². The van der Waals surface area contributed by atoms with E-state index in [1.54, 1.807) is 0 Å². The van der Waals surface area contributed by atoms with Crippen LogP contribution in [0.4, 0.5) is 11.9 Å². The molecule has 0 aliphatic heterocycles. The van der Waals surface area contributed by atoms with Crippen molar-refractivity contribution in [2.45, 2.75) is 33.2 Å². The van der Waals surface area contributed by atoms with Crippen LogP contribution >= 0.6 is 0 Å². The normalized spacial score (nSPS) is 10.8. The third kappa shape index (κ3) is 9.82. The number of nitrogens with two attached hydrogens (primary N) is 1. The molecule has 0 radical (unpaired) electrons. The summed E-state index contributed by atoms with van der Waals surface area (Å²) in [7, 11) is 0. The highest BCUT2D eigenvalue weighted by Gasteiger charge is 2.08. The van der Waals surface area contributed by atoms with Crippen LogP contribution in [0, 0.1) is 6.92 Å². The summed E-state index contributed by atoms with van der Waals surface area (Å²) in [5.41, 5.74) is 7.74. The third-order valence-corrected chi connectivity index (χ3v) is 4.08. The molecule has 0 atom stereocenters. The highest BCUT2D eigenvalue weighted by molar-refractivity contribution is 5.37. The Labute approximate surface area is 178 Å². The van der Waals surface area contributed by atoms with Crippen LogP contribution in [-0.2, 0) is 16.0 Å². The van der Waals surface area contributed by atoms with E-state index in [-0.39, 0.29) is 0 Å². The summed E-state index contributed by atoms with van der Waals surface area (Å²) >= 11 is 0. The average molecular weight is 419 g/mol. The number of unbranched alkanes of at least 4 members (excludes halogenated alkanes) is 1. The lowest BCUT2D eigenvalue weighted by molar-refractivity contribution is 0.0547. The minimum atomic E-state index is 0.309. The maximum absolute atomic E-state index is 5.68. The molecule has 0 saturated heterocycles. The lowest BCUT2D eigenvalue weighted by Gasteiger charge is -2.11. The number of aromatic nitrogens is 3. The number of nitrogens with zero attached hydrogens (tertiary/aromatic N) is 3. The van der Waals surface area contributed by atoms with Gasteiger partial charge in [-0.1, -0.05) is 43.2 Å². The Hall–Kier alpha value is -2.49. The molecule has 1 aromatic carbocycles. The van der Waals surface area contributed by atoms with E-state index in [0.29, 0.717) is 70.6 Å². The zero-order valence-corrected chi connectivity index (χ0v) is 18.0. The van der Waals surface area contributed by atoms with Gasteiger partial charge in [0.15, 0.2) is 0 Å². The van der Waals surface area contributed by atoms with E-state index in [0.717, 1.165) is 18.4 Å². The van der Waals surface area contributed by atoms with Gasteiger partial charge in [0, 0.05) is 19.6 Å². The Kier molecular flexibility index (Phi) is 11.5. The molecule has 1 aromatic heterocycles. The zero-order valence-electron chi connectivity index (χ0n) is 18.0. The lowest BCUT2D eigenvalue weighted by atomic mass is 10.1. The fourth-order valence-corrected chi connectivity index (χ4v) is 2.41. The van der Waals surface area contributed by atoms with Gasteiger partial charge in [0.25, 0.3) is 0 Å². The second-order valence-electron chi connectivity index (χ2n) is 6.75. The first-order chi connectivity index (χ1) is 14.7. The Balaban J connectivity index is 1.86. The molecule has 1 heterocycles. The molecule has 0 bridgehead atoms. The predicted octanol–water partition coefficient (Wildman–Crippen LogP) is 2.37. The molecule has 0 aliphatic rings. The van der Waals surface area contributed by atoms with Crippen LogP contribution in [0.2, 0.25) is 0 Å². The molecule has 9 nitrogen and oxygen atoms in total. The van der Waals surface area contributed by atoms with Crippen molar-refractivity contribution in [2.24, 2.45) is 5.73 Å². The van der Waals surface area contributed by atoms with Gasteiger partial charge >= 0.3 is 6.01 Å². The predicted molar refractivity (Wildman–Crippen MR) is 118 cm³/mol. The summed E-state index contributed by atoms with van der Waals surface area (Å²) in [6, 6.07) is 8.63. The largest absolute Gasteiger partial charge is 0.463 e. The molecule has 2 rings (SSSR count). The Bertz CT molecular complexity index is 714. The van der Waals surface area contributed by atoms with Crippen LogP contribution in [0.1, 0.15) is 30.9 Å². The standard InChI is InChI=1S/C21H34N6O3/c1-3-4-11-30-21-26-19(23-10-13-29-15-14-28-12-9-22)25-20(27-21)24-16-18-7-5-17(2)6-8-18/h5-8H,3-4,9-16,22H2,1-2H3,(H2,23,24,25,26,27). The monoisotopic (exact) mass is 418 g/mol. The molecule has 0 spiro atoms. The summed E-state index contributed by atoms with van der Waals surface area (Å²) in [4.78, 5) is 13.1. The number of aryl methyl sites for hydroxylation is 1. The van der Waals surface area contributed by atoms with Gasteiger partial charge in [-0.2, -0.15) is 15.0 Å². The Morgan fingerprint density at radius 2 is 1.57 bits per heavy atom. The van der Waals surface area contributed by atoms with E-state index < -0.39 is 0 Å². The van der Waals surface area contributed by atoms with Crippen LogP contribution in [0.5, 0.6) is 6.01 Å². The fourth-order valence-electron chi connectivity index (χ4n) is 2.41. The summed E-state index contributed by atoms with van der Waals surface area (Å²) in [5.74, 6) is 0.918. The molecule has 2 aromatic rings. The third-order valence-electron chi connectivity index (χ3n) is 4.08. The van der Waals surface area contributed by atoms with Crippen LogP contribution in [0.3, 0.4) is 0 Å². The van der Waals surface area contributed by atoms with Gasteiger partial charge < -0.3 is 30.6 Å². The van der Waals surface area contributed by atoms with Crippen molar-refractivity contribution in [3.8, 4) is 6.01 Å². The van der Waals surface area contributed by atoms with Crippen LogP contribution < -0.4 is 21.1 Å². The maximum Gasteiger partial charge on any atom is 0.323 e. The number of benzene rings is 1. The van der Waals surface area contributed by atoms with Gasteiger partial charge in [0.1, 0.15) is 0 Å². The van der Waals surface area contributed by atoms with Crippen molar-refractivity contribution >= 4 is 11.9 Å². The summed E-state index contributed by atoms with van der Waals surface area (Å²) in [5, 5.41) is 6.40. The fraction of sp³-hybridized carbons (Fsp3) is 0.571. The quantitative estimate of drug-likeness (QED) is 0.353. The number of anilines is 2. The Morgan fingerprint density at radius 3 is 2.27 bits per heavy atom. The van der Waals surface area contributed by atoms with Gasteiger partial charge in [-0.05, 0) is 18.9 Å². The van der Waals surface area contributed by atoms with E-state index in [1.165, 1.54) is 5.56 Å². The van der Waals surface area contributed by atoms with Gasteiger partial charge in [0.05, 0.1) is 33.0 Å². The first-order valence-electron chi connectivity index (χ1n) is 10.5. The van der Waals surface area contributed by atoms with E-state index in [4.69, 9.17) is 19.9 Å². The first-order valence-corrected chi connectivity index (χ1v) is 10.5. The second-order valence-corrected chi connectivity index (χ2v) is 6.75. The van der Waals surface area contributed by atoms with Gasteiger partial charge in [-0.15, -0.1) is 0 Å². The smallest absolute Gasteiger partial charge is 0.323 e. The molecular weight excluding hydrogens is 384 g/mol. The van der Waals surface area contributed by atoms with Crippen molar-refractivity contribution in [3.63, 3.8) is 0 Å². The molecule has 0 aliphatic carbocycles. The average Bonchev–Trinajstić information content (AvgIpc) is 2.75. The number of ether oxygens (including phenoxy) is 3. The minimum absolute atomic E-state index is 0.309. The van der Waals surface area contributed by atoms with Gasteiger partial charge in [-0.3, -0.25) is 0 Å². The molecule has 166 valence electrons. The van der Waals surface area contributed by atoms with Crippen molar-refractivity contribution in [3.05, 3.63) is 35.4 Å². The minimum Gasteiger partial charge on any atom is -0.463 e. The summed E-state index contributed by atoms with van der Waals surface area (Å²) in [6.45, 7) is 8.56. The molecular formula is C21H34N6O3. The van der Waals surface area contributed by atoms with Crippen molar-refractivity contribution in [1.82, 2.24) is 15.0 Å². The van der Waals surface area contributed by atoms with Gasteiger partial charge in [0.2, 0.25) is 11.9 Å². The molecule has 30 heavy (non-hydrogen) atoms. The van der Waals surface area contributed by atoms with Crippen LogP contribution in [0.25, 0.3) is 0 Å². The SMILES string of the molecule is CCCCOc1nc(NCCOCCOCCN)nc(NCc2ccc(C)cc2)n1. The van der Waals surface area contributed by atoms with Crippen molar-refractivity contribution < 1.29 is 14.2 Å². The van der Waals surface area contributed by atoms with E-state index in [9.17, 15) is 0 Å². The van der Waals surface area contributed by atoms with Crippen LogP contribution in [-0.4, -0.2) is 61.1 Å². The first kappa shape index (κ1) is 23.8. The van der Waals surface area contributed by atoms with E-state index in [2.05, 4.69) is 63.7 Å². The number of rotatable bonds is 16. The number of nitrogens with one attached hydrogen (secondary N) is 2. The number of hydrogen-bond acceptors (Lipinski definition) is 9. The molecule has 9 heteroatoms. The van der Waals surface area contributed by atoms with E-state index in [1.807, 2.05) is 0 Å². The highest BCUT2D eigenvalue weighted by atomic mass is 16.5. The molecule has 0 unspecified atom stereocenters.